The molecule has 1 fully saturated rings. The predicted molar refractivity (Wildman–Crippen MR) is 146 cm³/mol. The summed E-state index contributed by atoms with van der Waals surface area (Å²) in [4.78, 5) is 37.5. The average molecular weight is 574 g/mol. The molecule has 3 aromatic rings. The van der Waals surface area contributed by atoms with Crippen LogP contribution in [0.1, 0.15) is 53.9 Å². The van der Waals surface area contributed by atoms with E-state index in [1.54, 1.807) is 31.3 Å². The molecule has 0 radical (unpaired) electrons. The number of likely N-dealkylation sites (N-methyl/N-ethyl adjacent to an activating group) is 1. The van der Waals surface area contributed by atoms with E-state index in [-0.39, 0.29) is 18.4 Å². The van der Waals surface area contributed by atoms with Gasteiger partial charge in [-0.2, -0.15) is 13.2 Å². The second-order valence-electron chi connectivity index (χ2n) is 9.87. The predicted octanol–water partition coefficient (Wildman–Crippen LogP) is 4.74. The van der Waals surface area contributed by atoms with Crippen LogP contribution in [-0.4, -0.2) is 52.4 Å². The molecule has 2 heterocycles. The van der Waals surface area contributed by atoms with Crippen molar-refractivity contribution >= 4 is 23.4 Å². The van der Waals surface area contributed by atoms with Gasteiger partial charge in [-0.05, 0) is 50.1 Å². The second-order valence-corrected chi connectivity index (χ2v) is 10.3. The zero-order valence-electron chi connectivity index (χ0n) is 22.2. The fourth-order valence-electron chi connectivity index (χ4n) is 4.79. The monoisotopic (exact) mass is 573 g/mol. The minimum atomic E-state index is -4.60. The highest BCUT2D eigenvalue weighted by Crippen LogP contribution is 2.36. The summed E-state index contributed by atoms with van der Waals surface area (Å²) in [7, 11) is 1.62. The van der Waals surface area contributed by atoms with Crippen LogP contribution in [0.15, 0.2) is 60.9 Å². The van der Waals surface area contributed by atoms with Gasteiger partial charge in [0.2, 0.25) is 11.8 Å². The van der Waals surface area contributed by atoms with Crippen molar-refractivity contribution in [3.8, 4) is 0 Å². The molecule has 212 valence electrons. The highest BCUT2D eigenvalue weighted by Gasteiger charge is 2.37. The van der Waals surface area contributed by atoms with Gasteiger partial charge < -0.3 is 15.5 Å². The minimum absolute atomic E-state index is 0.0260. The van der Waals surface area contributed by atoms with Crippen LogP contribution in [0.25, 0.3) is 0 Å². The zero-order valence-corrected chi connectivity index (χ0v) is 23.0. The molecule has 1 aromatic heterocycles. The quantitative estimate of drug-likeness (QED) is 0.386. The number of nitrogens with zero attached hydrogens (tertiary/aromatic N) is 3. The van der Waals surface area contributed by atoms with E-state index < -0.39 is 34.8 Å². The van der Waals surface area contributed by atoms with E-state index >= 15 is 0 Å². The molecule has 0 aliphatic carbocycles. The Hall–Kier alpha value is -3.50. The van der Waals surface area contributed by atoms with Gasteiger partial charge in [-0.25, -0.2) is 0 Å². The van der Waals surface area contributed by atoms with Gasteiger partial charge in [-0.1, -0.05) is 48.0 Å². The van der Waals surface area contributed by atoms with Gasteiger partial charge in [0.05, 0.1) is 40.3 Å². The first-order valence-electron chi connectivity index (χ1n) is 13.0. The number of hydrogen-bond acceptors (Lipinski definition) is 5. The second kappa shape index (κ2) is 12.8. The molecule has 11 heteroatoms. The Kier molecular flexibility index (Phi) is 9.42. The van der Waals surface area contributed by atoms with Crippen LogP contribution in [0.3, 0.4) is 0 Å². The van der Waals surface area contributed by atoms with Crippen LogP contribution in [0.2, 0.25) is 5.02 Å². The summed E-state index contributed by atoms with van der Waals surface area (Å²) in [5.41, 5.74) is 1.96. The van der Waals surface area contributed by atoms with Gasteiger partial charge in [0.15, 0.2) is 0 Å². The number of alkyl halides is 3. The Morgan fingerprint density at radius 1 is 1.12 bits per heavy atom. The lowest BCUT2D eigenvalue weighted by atomic mass is 10.0. The lowest BCUT2D eigenvalue weighted by Crippen LogP contribution is -2.53. The van der Waals surface area contributed by atoms with Crippen LogP contribution >= 0.6 is 11.6 Å². The Labute approximate surface area is 236 Å². The first kappa shape index (κ1) is 29.5. The van der Waals surface area contributed by atoms with E-state index in [0.717, 1.165) is 23.7 Å². The number of carbonyl (C=O) groups is 2. The number of amides is 2. The third-order valence-electron chi connectivity index (χ3n) is 7.03. The molecule has 4 rings (SSSR count). The number of halogens is 4. The van der Waals surface area contributed by atoms with E-state index in [1.807, 2.05) is 30.3 Å². The number of nitrogens with one attached hydrogen (secondary N) is 2. The molecule has 1 aliphatic rings. The first-order chi connectivity index (χ1) is 19.1. The van der Waals surface area contributed by atoms with Crippen molar-refractivity contribution in [3.63, 3.8) is 0 Å². The van der Waals surface area contributed by atoms with Crippen molar-refractivity contribution in [2.24, 2.45) is 0 Å². The van der Waals surface area contributed by atoms with E-state index in [0.29, 0.717) is 30.6 Å². The topological polar surface area (TPSA) is 87.2 Å². The smallest absolute Gasteiger partial charge is 0.343 e. The van der Waals surface area contributed by atoms with Gasteiger partial charge in [0.1, 0.15) is 6.04 Å². The van der Waals surface area contributed by atoms with Crippen molar-refractivity contribution in [1.29, 1.82) is 0 Å². The SMILES string of the molecule is CN[C@H](C)C(=O)N[C@H](Cc1ccc(C(F)(F)F)c(Cl)c1)C(=O)N1CCCC1c1cncc(Cc2ccccc2)n1. The van der Waals surface area contributed by atoms with E-state index in [1.165, 1.54) is 12.1 Å². The van der Waals surface area contributed by atoms with E-state index in [2.05, 4.69) is 15.6 Å². The Morgan fingerprint density at radius 3 is 2.55 bits per heavy atom. The van der Waals surface area contributed by atoms with Crippen LogP contribution in [0, 0.1) is 0 Å². The van der Waals surface area contributed by atoms with Gasteiger partial charge >= 0.3 is 6.18 Å². The summed E-state index contributed by atoms with van der Waals surface area (Å²) in [5.74, 6) is -0.746. The summed E-state index contributed by atoms with van der Waals surface area (Å²) in [6, 6.07) is 11.3. The van der Waals surface area contributed by atoms with Crippen molar-refractivity contribution < 1.29 is 22.8 Å². The molecular formula is C29H31ClF3N5O2. The lowest BCUT2D eigenvalue weighted by Gasteiger charge is -2.30. The number of aromatic nitrogens is 2. The molecule has 40 heavy (non-hydrogen) atoms. The van der Waals surface area contributed by atoms with Gasteiger partial charge in [0, 0.05) is 25.6 Å². The molecule has 2 N–H and O–H groups in total. The summed E-state index contributed by atoms with van der Waals surface area (Å²) < 4.78 is 39.6. The van der Waals surface area contributed by atoms with Gasteiger partial charge in [-0.3, -0.25) is 19.6 Å². The molecule has 0 bridgehead atoms. The maximum atomic E-state index is 13.9. The molecule has 2 aromatic carbocycles. The fourth-order valence-corrected chi connectivity index (χ4v) is 5.10. The minimum Gasteiger partial charge on any atom is -0.343 e. The number of benzene rings is 2. The van der Waals surface area contributed by atoms with E-state index in [4.69, 9.17) is 16.6 Å². The Balaban J connectivity index is 1.58. The molecule has 7 nitrogen and oxygen atoms in total. The number of rotatable bonds is 9. The van der Waals surface area contributed by atoms with Crippen molar-refractivity contribution in [2.75, 3.05) is 13.6 Å². The molecule has 1 saturated heterocycles. The zero-order chi connectivity index (χ0) is 28.9. The van der Waals surface area contributed by atoms with Crippen LogP contribution in [0.5, 0.6) is 0 Å². The van der Waals surface area contributed by atoms with E-state index in [9.17, 15) is 22.8 Å². The summed E-state index contributed by atoms with van der Waals surface area (Å²) >= 11 is 5.93. The largest absolute Gasteiger partial charge is 0.417 e. The highest BCUT2D eigenvalue weighted by molar-refractivity contribution is 6.31. The average Bonchev–Trinajstić information content (AvgIpc) is 3.42. The molecule has 2 amide bonds. The molecule has 0 spiro atoms. The highest BCUT2D eigenvalue weighted by atomic mass is 35.5. The van der Waals surface area contributed by atoms with Crippen LogP contribution in [-0.2, 0) is 28.6 Å². The fraction of sp³-hybridized carbons (Fsp3) is 0.379. The lowest BCUT2D eigenvalue weighted by molar-refractivity contribution is -0.138. The molecular weight excluding hydrogens is 543 g/mol. The third-order valence-corrected chi connectivity index (χ3v) is 7.34. The number of hydrogen-bond donors (Lipinski definition) is 2. The standard InChI is InChI=1S/C29H31ClF3N5O2/c1-18(34-2)27(39)37-24(15-20-10-11-22(23(30)14-20)29(31,32)33)28(40)38-12-6-9-26(38)25-17-35-16-21(36-25)13-19-7-4-3-5-8-19/h3-5,7-8,10-11,14,16-18,24,26,34H,6,9,12-13,15H2,1-2H3,(H,37,39)/t18-,24-,26?/m1/s1. The maximum absolute atomic E-state index is 13.9. The number of carbonyl (C=O) groups excluding carboxylic acids is 2. The van der Waals surface area contributed by atoms with Crippen molar-refractivity contribution in [2.45, 2.75) is 56.9 Å². The Bertz CT molecular complexity index is 1340. The van der Waals surface area contributed by atoms with Gasteiger partial charge in [-0.15, -0.1) is 0 Å². The summed E-state index contributed by atoms with van der Waals surface area (Å²) in [6.07, 6.45) is 0.736. The molecule has 0 saturated carbocycles. The number of likely N-dealkylation sites (tertiary alicyclic amines) is 1. The summed E-state index contributed by atoms with van der Waals surface area (Å²) in [6.45, 7) is 2.11. The first-order valence-corrected chi connectivity index (χ1v) is 13.4. The molecule has 1 aliphatic heterocycles. The van der Waals surface area contributed by atoms with Crippen molar-refractivity contribution in [3.05, 3.63) is 94.0 Å². The normalized spacial score (nSPS) is 16.9. The molecule has 3 atom stereocenters. The van der Waals surface area contributed by atoms with Crippen LogP contribution in [0.4, 0.5) is 13.2 Å². The Morgan fingerprint density at radius 2 is 1.88 bits per heavy atom. The van der Waals surface area contributed by atoms with Crippen molar-refractivity contribution in [1.82, 2.24) is 25.5 Å². The van der Waals surface area contributed by atoms with Gasteiger partial charge in [0.25, 0.3) is 0 Å². The van der Waals surface area contributed by atoms with Crippen LogP contribution < -0.4 is 10.6 Å². The third kappa shape index (κ3) is 7.17. The maximum Gasteiger partial charge on any atom is 0.417 e. The molecule has 1 unspecified atom stereocenters. The summed E-state index contributed by atoms with van der Waals surface area (Å²) in [5, 5.41) is 5.15.